The van der Waals surface area contributed by atoms with Crippen molar-refractivity contribution in [1.82, 2.24) is 19.9 Å². The molecule has 6 nitrogen and oxygen atoms in total. The minimum absolute atomic E-state index is 0.186. The molecule has 116 valence electrons. The molecule has 0 unspecified atom stereocenters. The van der Waals surface area contributed by atoms with E-state index in [1.165, 1.54) is 0 Å². The summed E-state index contributed by atoms with van der Waals surface area (Å²) in [7, 11) is 2.10. The maximum Gasteiger partial charge on any atom is 0.229 e. The molecule has 1 atom stereocenters. The van der Waals surface area contributed by atoms with E-state index in [1.807, 2.05) is 11.8 Å². The zero-order chi connectivity index (χ0) is 14.8. The van der Waals surface area contributed by atoms with Gasteiger partial charge in [-0.1, -0.05) is 5.16 Å². The number of hydrogen-bond donors (Lipinski definition) is 0. The lowest BCUT2D eigenvalue weighted by Gasteiger charge is -2.36. The largest absolute Gasteiger partial charge is 0.342 e. The monoisotopic (exact) mass is 292 g/mol. The number of aryl methyl sites for hydroxylation is 1. The van der Waals surface area contributed by atoms with E-state index in [0.29, 0.717) is 17.6 Å². The Hall–Kier alpha value is -1.43. The second kappa shape index (κ2) is 6.13. The van der Waals surface area contributed by atoms with Crippen LogP contribution >= 0.6 is 0 Å². The summed E-state index contributed by atoms with van der Waals surface area (Å²) in [5.41, 5.74) is 0. The third-order valence-electron chi connectivity index (χ3n) is 4.67. The lowest BCUT2D eigenvalue weighted by Crippen LogP contribution is -2.46. The molecule has 0 radical (unpaired) electrons. The van der Waals surface area contributed by atoms with Crippen LogP contribution in [0.4, 0.5) is 0 Å². The standard InChI is InChI=1S/C15H24N4O2/c1-11-16-14(21-17-11)12-5-8-19(9-6-12)15(20)13-4-3-7-18(2)10-13/h12-13H,3-10H2,1-2H3/t13-/m0/s1. The Bertz CT molecular complexity index is 494. The van der Waals surface area contributed by atoms with Crippen LogP contribution < -0.4 is 0 Å². The zero-order valence-corrected chi connectivity index (χ0v) is 12.9. The van der Waals surface area contributed by atoms with Gasteiger partial charge in [-0.3, -0.25) is 4.79 Å². The average Bonchev–Trinajstić information content (AvgIpc) is 2.93. The molecule has 0 spiro atoms. The Balaban J connectivity index is 1.54. The highest BCUT2D eigenvalue weighted by molar-refractivity contribution is 5.79. The molecule has 0 saturated carbocycles. The van der Waals surface area contributed by atoms with Gasteiger partial charge in [0.2, 0.25) is 11.8 Å². The molecule has 0 bridgehead atoms. The maximum absolute atomic E-state index is 12.6. The van der Waals surface area contributed by atoms with Crippen molar-refractivity contribution in [2.24, 2.45) is 5.92 Å². The van der Waals surface area contributed by atoms with Crippen molar-refractivity contribution in [3.8, 4) is 0 Å². The van der Waals surface area contributed by atoms with Gasteiger partial charge in [0.25, 0.3) is 0 Å². The van der Waals surface area contributed by atoms with Crippen LogP contribution in [0.15, 0.2) is 4.52 Å². The van der Waals surface area contributed by atoms with Crippen LogP contribution in [-0.2, 0) is 4.79 Å². The molecule has 6 heteroatoms. The summed E-state index contributed by atoms with van der Waals surface area (Å²) in [4.78, 5) is 21.2. The molecule has 3 heterocycles. The zero-order valence-electron chi connectivity index (χ0n) is 12.9. The maximum atomic E-state index is 12.6. The summed E-state index contributed by atoms with van der Waals surface area (Å²) in [5, 5.41) is 3.86. The third kappa shape index (κ3) is 3.26. The van der Waals surface area contributed by atoms with Crippen LogP contribution in [0.2, 0.25) is 0 Å². The van der Waals surface area contributed by atoms with Crippen molar-refractivity contribution in [2.45, 2.75) is 38.5 Å². The van der Waals surface area contributed by atoms with Crippen LogP contribution in [0.1, 0.15) is 43.3 Å². The van der Waals surface area contributed by atoms with Crippen molar-refractivity contribution >= 4 is 5.91 Å². The van der Waals surface area contributed by atoms with Crippen molar-refractivity contribution in [3.05, 3.63) is 11.7 Å². The molecule has 0 N–H and O–H groups in total. The van der Waals surface area contributed by atoms with Gasteiger partial charge < -0.3 is 14.3 Å². The fourth-order valence-electron chi connectivity index (χ4n) is 3.45. The number of amides is 1. The van der Waals surface area contributed by atoms with Gasteiger partial charge in [-0.15, -0.1) is 0 Å². The molecule has 3 rings (SSSR count). The second-order valence-corrected chi connectivity index (χ2v) is 6.38. The van der Waals surface area contributed by atoms with Gasteiger partial charge in [-0.05, 0) is 46.2 Å². The molecule has 2 saturated heterocycles. The molecule has 21 heavy (non-hydrogen) atoms. The molecular weight excluding hydrogens is 268 g/mol. The quantitative estimate of drug-likeness (QED) is 0.825. The van der Waals surface area contributed by atoms with Crippen molar-refractivity contribution in [2.75, 3.05) is 33.2 Å². The van der Waals surface area contributed by atoms with Gasteiger partial charge in [-0.25, -0.2) is 0 Å². The summed E-state index contributed by atoms with van der Waals surface area (Å²) in [6.07, 6.45) is 4.02. The van der Waals surface area contributed by atoms with E-state index in [4.69, 9.17) is 4.52 Å². The Morgan fingerprint density at radius 1 is 1.24 bits per heavy atom. The van der Waals surface area contributed by atoms with E-state index in [1.54, 1.807) is 0 Å². The van der Waals surface area contributed by atoms with Crippen molar-refractivity contribution < 1.29 is 9.32 Å². The molecule has 2 aliphatic heterocycles. The molecule has 1 aromatic rings. The highest BCUT2D eigenvalue weighted by Crippen LogP contribution is 2.28. The lowest BCUT2D eigenvalue weighted by atomic mass is 9.93. The van der Waals surface area contributed by atoms with Crippen LogP contribution in [0.25, 0.3) is 0 Å². The SMILES string of the molecule is Cc1noc(C2CCN(C(=O)[C@H]3CCCN(C)C3)CC2)n1. The molecule has 1 amide bonds. The van der Waals surface area contributed by atoms with Gasteiger partial charge >= 0.3 is 0 Å². The summed E-state index contributed by atoms with van der Waals surface area (Å²) in [6, 6.07) is 0. The summed E-state index contributed by atoms with van der Waals surface area (Å²) < 4.78 is 5.26. The summed E-state index contributed by atoms with van der Waals surface area (Å²) in [5.74, 6) is 2.25. The number of nitrogens with zero attached hydrogens (tertiary/aromatic N) is 4. The first-order valence-corrected chi connectivity index (χ1v) is 7.91. The minimum Gasteiger partial charge on any atom is -0.342 e. The number of hydrogen-bond acceptors (Lipinski definition) is 5. The van der Waals surface area contributed by atoms with Gasteiger partial charge in [0.15, 0.2) is 5.82 Å². The number of carbonyl (C=O) groups is 1. The van der Waals surface area contributed by atoms with E-state index in [-0.39, 0.29) is 5.92 Å². The molecule has 0 aromatic carbocycles. The smallest absolute Gasteiger partial charge is 0.229 e. The van der Waals surface area contributed by atoms with Crippen LogP contribution in [0.5, 0.6) is 0 Å². The van der Waals surface area contributed by atoms with Crippen LogP contribution in [0, 0.1) is 12.8 Å². The van der Waals surface area contributed by atoms with Crippen molar-refractivity contribution in [3.63, 3.8) is 0 Å². The normalized spacial score (nSPS) is 25.2. The van der Waals surface area contributed by atoms with E-state index >= 15 is 0 Å². The fourth-order valence-corrected chi connectivity index (χ4v) is 3.45. The second-order valence-electron chi connectivity index (χ2n) is 6.38. The van der Waals surface area contributed by atoms with Gasteiger partial charge in [-0.2, -0.15) is 4.98 Å². The molecule has 1 aromatic heterocycles. The van der Waals surface area contributed by atoms with Gasteiger partial charge in [0.1, 0.15) is 0 Å². The number of likely N-dealkylation sites (tertiary alicyclic amines) is 2. The Morgan fingerprint density at radius 3 is 2.62 bits per heavy atom. The van der Waals surface area contributed by atoms with Gasteiger partial charge in [0.05, 0.1) is 5.92 Å². The average molecular weight is 292 g/mol. The summed E-state index contributed by atoms with van der Waals surface area (Å²) >= 11 is 0. The van der Waals surface area contributed by atoms with E-state index < -0.39 is 0 Å². The Kier molecular flexibility index (Phi) is 4.24. The van der Waals surface area contributed by atoms with E-state index in [0.717, 1.165) is 57.8 Å². The Morgan fingerprint density at radius 2 is 2.00 bits per heavy atom. The molecule has 0 aliphatic carbocycles. The Labute approximate surface area is 125 Å². The fraction of sp³-hybridized carbons (Fsp3) is 0.800. The number of aromatic nitrogens is 2. The third-order valence-corrected chi connectivity index (χ3v) is 4.67. The predicted molar refractivity (Wildman–Crippen MR) is 77.8 cm³/mol. The first-order chi connectivity index (χ1) is 10.1. The lowest BCUT2D eigenvalue weighted by molar-refractivity contribution is -0.138. The number of piperidine rings is 2. The highest BCUT2D eigenvalue weighted by Gasteiger charge is 2.32. The van der Waals surface area contributed by atoms with Crippen molar-refractivity contribution in [1.29, 1.82) is 0 Å². The highest BCUT2D eigenvalue weighted by atomic mass is 16.5. The van der Waals surface area contributed by atoms with Crippen LogP contribution in [-0.4, -0.2) is 59.1 Å². The first-order valence-electron chi connectivity index (χ1n) is 7.91. The number of rotatable bonds is 2. The number of carbonyl (C=O) groups excluding carboxylic acids is 1. The molecule has 2 aliphatic rings. The minimum atomic E-state index is 0.186. The molecular formula is C15H24N4O2. The molecule has 2 fully saturated rings. The van der Waals surface area contributed by atoms with E-state index in [2.05, 4.69) is 22.1 Å². The summed E-state index contributed by atoms with van der Waals surface area (Å²) in [6.45, 7) is 5.48. The first kappa shape index (κ1) is 14.5. The van der Waals surface area contributed by atoms with Crippen LogP contribution in [0.3, 0.4) is 0 Å². The topological polar surface area (TPSA) is 62.5 Å². The van der Waals surface area contributed by atoms with E-state index in [9.17, 15) is 4.79 Å². The van der Waals surface area contributed by atoms with Gasteiger partial charge in [0, 0.05) is 25.6 Å². The predicted octanol–water partition coefficient (Wildman–Crippen LogP) is 1.43.